The van der Waals surface area contributed by atoms with E-state index >= 15 is 0 Å². The van der Waals surface area contributed by atoms with Gasteiger partial charge >= 0.3 is 0 Å². The third kappa shape index (κ3) is 1.65. The van der Waals surface area contributed by atoms with Crippen molar-refractivity contribution in [2.75, 3.05) is 26.2 Å². The Labute approximate surface area is 85.8 Å². The molecule has 80 valence electrons. The first-order chi connectivity index (χ1) is 6.62. The van der Waals surface area contributed by atoms with Crippen molar-refractivity contribution in [3.63, 3.8) is 0 Å². The minimum atomic E-state index is -0.121. The number of carbonyl (C=O) groups is 1. The fraction of sp³-hybridized carbons (Fsp3) is 0.909. The normalized spacial score (nSPS) is 37.9. The second-order valence-electron chi connectivity index (χ2n) is 5.13. The highest BCUT2D eigenvalue weighted by atomic mass is 16.2. The molecule has 2 heterocycles. The van der Waals surface area contributed by atoms with Crippen LogP contribution in [0, 0.1) is 11.3 Å². The molecule has 0 radical (unpaired) electrons. The minimum Gasteiger partial charge on any atom is -0.342 e. The highest BCUT2D eigenvalue weighted by molar-refractivity contribution is 5.83. The van der Waals surface area contributed by atoms with E-state index in [4.69, 9.17) is 0 Å². The van der Waals surface area contributed by atoms with Crippen LogP contribution in [0.15, 0.2) is 0 Å². The number of hydrogen-bond acceptors (Lipinski definition) is 2. The molecule has 1 N–H and O–H groups in total. The molecule has 0 aliphatic carbocycles. The van der Waals surface area contributed by atoms with Gasteiger partial charge in [0.05, 0.1) is 5.41 Å². The molecule has 3 nitrogen and oxygen atoms in total. The van der Waals surface area contributed by atoms with Gasteiger partial charge in [-0.15, -0.1) is 0 Å². The highest BCUT2D eigenvalue weighted by Crippen LogP contribution is 2.29. The zero-order valence-electron chi connectivity index (χ0n) is 9.18. The molecule has 2 unspecified atom stereocenters. The Hall–Kier alpha value is -0.570. The summed E-state index contributed by atoms with van der Waals surface area (Å²) in [6, 6.07) is 0. The summed E-state index contributed by atoms with van der Waals surface area (Å²) < 4.78 is 0. The van der Waals surface area contributed by atoms with E-state index in [-0.39, 0.29) is 5.41 Å². The highest BCUT2D eigenvalue weighted by Gasteiger charge is 2.40. The summed E-state index contributed by atoms with van der Waals surface area (Å²) in [5, 5.41) is 3.28. The lowest BCUT2D eigenvalue weighted by atomic mass is 9.88. The van der Waals surface area contributed by atoms with Crippen molar-refractivity contribution in [2.24, 2.45) is 11.3 Å². The Morgan fingerprint density at radius 1 is 1.57 bits per heavy atom. The van der Waals surface area contributed by atoms with Gasteiger partial charge in [-0.05, 0) is 32.2 Å². The van der Waals surface area contributed by atoms with Crippen LogP contribution in [0.25, 0.3) is 0 Å². The zero-order chi connectivity index (χ0) is 10.2. The van der Waals surface area contributed by atoms with E-state index in [0.717, 1.165) is 32.6 Å². The molecule has 0 aromatic heterocycles. The molecule has 0 aromatic carbocycles. The van der Waals surface area contributed by atoms with Gasteiger partial charge in [0, 0.05) is 19.6 Å². The molecule has 0 bridgehead atoms. The fourth-order valence-electron chi connectivity index (χ4n) is 2.50. The van der Waals surface area contributed by atoms with Gasteiger partial charge in [-0.1, -0.05) is 6.92 Å². The molecule has 3 heteroatoms. The van der Waals surface area contributed by atoms with Gasteiger partial charge in [0.15, 0.2) is 0 Å². The van der Waals surface area contributed by atoms with E-state index in [0.29, 0.717) is 11.8 Å². The van der Waals surface area contributed by atoms with Gasteiger partial charge in [0.1, 0.15) is 0 Å². The number of carbonyl (C=O) groups excluding carboxylic acids is 1. The van der Waals surface area contributed by atoms with E-state index in [2.05, 4.69) is 24.1 Å². The average molecular weight is 196 g/mol. The molecule has 2 fully saturated rings. The molecule has 2 rings (SSSR count). The predicted octanol–water partition coefficient (Wildman–Crippen LogP) is 0.854. The third-order valence-corrected chi connectivity index (χ3v) is 3.60. The molecule has 2 aliphatic rings. The average Bonchev–Trinajstić information content (AvgIpc) is 2.74. The molecule has 14 heavy (non-hydrogen) atoms. The van der Waals surface area contributed by atoms with Crippen molar-refractivity contribution < 1.29 is 4.79 Å². The summed E-state index contributed by atoms with van der Waals surface area (Å²) in [5.74, 6) is 1.06. The van der Waals surface area contributed by atoms with E-state index in [1.807, 2.05) is 0 Å². The third-order valence-electron chi connectivity index (χ3n) is 3.60. The molecule has 1 amide bonds. The molecular weight excluding hydrogens is 176 g/mol. The van der Waals surface area contributed by atoms with Crippen LogP contribution in [-0.2, 0) is 4.79 Å². The maximum Gasteiger partial charge on any atom is 0.229 e. The Balaban J connectivity index is 2.00. The van der Waals surface area contributed by atoms with E-state index in [9.17, 15) is 4.79 Å². The smallest absolute Gasteiger partial charge is 0.229 e. The fourth-order valence-corrected chi connectivity index (χ4v) is 2.50. The quantitative estimate of drug-likeness (QED) is 0.674. The topological polar surface area (TPSA) is 32.3 Å². The summed E-state index contributed by atoms with van der Waals surface area (Å²) in [6.45, 7) is 8.10. The molecule has 2 atom stereocenters. The second-order valence-corrected chi connectivity index (χ2v) is 5.13. The first-order valence-corrected chi connectivity index (χ1v) is 5.62. The second kappa shape index (κ2) is 3.54. The molecule has 0 aromatic rings. The summed E-state index contributed by atoms with van der Waals surface area (Å²) in [5.41, 5.74) is -0.121. The van der Waals surface area contributed by atoms with Crippen LogP contribution in [0.4, 0.5) is 0 Å². The Morgan fingerprint density at radius 3 is 2.86 bits per heavy atom. The first-order valence-electron chi connectivity index (χ1n) is 5.62. The zero-order valence-corrected chi connectivity index (χ0v) is 9.18. The van der Waals surface area contributed by atoms with Gasteiger partial charge in [0.2, 0.25) is 5.91 Å². The number of rotatable bonds is 1. The summed E-state index contributed by atoms with van der Waals surface area (Å²) in [7, 11) is 0. The maximum atomic E-state index is 12.2. The van der Waals surface area contributed by atoms with Crippen LogP contribution in [-0.4, -0.2) is 37.0 Å². The summed E-state index contributed by atoms with van der Waals surface area (Å²) in [6.07, 6.45) is 2.17. The van der Waals surface area contributed by atoms with Crippen molar-refractivity contribution in [3.05, 3.63) is 0 Å². The number of hydrogen-bond donors (Lipinski definition) is 1. The minimum absolute atomic E-state index is 0.121. The lowest BCUT2D eigenvalue weighted by molar-refractivity contribution is -0.139. The standard InChI is InChI=1S/C11H20N2O/c1-9-3-6-13(7-9)10(14)11(2)4-5-12-8-11/h9,12H,3-8H2,1-2H3. The Morgan fingerprint density at radius 2 is 2.36 bits per heavy atom. The Kier molecular flexibility index (Phi) is 2.52. The lowest BCUT2D eigenvalue weighted by Crippen LogP contribution is -2.42. The first kappa shape index (κ1) is 9.97. The van der Waals surface area contributed by atoms with Crippen LogP contribution >= 0.6 is 0 Å². The predicted molar refractivity (Wildman–Crippen MR) is 56.0 cm³/mol. The van der Waals surface area contributed by atoms with Crippen molar-refractivity contribution in [1.29, 1.82) is 0 Å². The van der Waals surface area contributed by atoms with Crippen LogP contribution in [0.3, 0.4) is 0 Å². The Bertz CT molecular complexity index is 233. The number of likely N-dealkylation sites (tertiary alicyclic amines) is 1. The SMILES string of the molecule is CC1CCN(C(=O)C2(C)CCNC2)C1. The number of nitrogens with zero attached hydrogens (tertiary/aromatic N) is 1. The molecular formula is C11H20N2O. The molecule has 2 saturated heterocycles. The van der Waals surface area contributed by atoms with Crippen LogP contribution < -0.4 is 5.32 Å². The van der Waals surface area contributed by atoms with E-state index in [1.54, 1.807) is 0 Å². The van der Waals surface area contributed by atoms with E-state index in [1.165, 1.54) is 6.42 Å². The summed E-state index contributed by atoms with van der Waals surface area (Å²) in [4.78, 5) is 14.3. The van der Waals surface area contributed by atoms with Crippen LogP contribution in [0.5, 0.6) is 0 Å². The number of amides is 1. The maximum absolute atomic E-state index is 12.2. The van der Waals surface area contributed by atoms with Gasteiger partial charge < -0.3 is 10.2 Å². The number of nitrogens with one attached hydrogen (secondary N) is 1. The van der Waals surface area contributed by atoms with Crippen molar-refractivity contribution in [1.82, 2.24) is 10.2 Å². The molecule has 2 aliphatic heterocycles. The van der Waals surface area contributed by atoms with Crippen molar-refractivity contribution >= 4 is 5.91 Å². The van der Waals surface area contributed by atoms with Crippen LogP contribution in [0.2, 0.25) is 0 Å². The van der Waals surface area contributed by atoms with Gasteiger partial charge in [0.25, 0.3) is 0 Å². The molecule has 0 spiro atoms. The largest absolute Gasteiger partial charge is 0.342 e. The van der Waals surface area contributed by atoms with Gasteiger partial charge in [-0.25, -0.2) is 0 Å². The van der Waals surface area contributed by atoms with Gasteiger partial charge in [-0.2, -0.15) is 0 Å². The monoisotopic (exact) mass is 196 g/mol. The van der Waals surface area contributed by atoms with Crippen molar-refractivity contribution in [2.45, 2.75) is 26.7 Å². The van der Waals surface area contributed by atoms with Gasteiger partial charge in [-0.3, -0.25) is 4.79 Å². The van der Waals surface area contributed by atoms with Crippen LogP contribution in [0.1, 0.15) is 26.7 Å². The summed E-state index contributed by atoms with van der Waals surface area (Å²) >= 11 is 0. The molecule has 0 saturated carbocycles. The lowest BCUT2D eigenvalue weighted by Gasteiger charge is -2.28. The van der Waals surface area contributed by atoms with E-state index < -0.39 is 0 Å². The van der Waals surface area contributed by atoms with Crippen molar-refractivity contribution in [3.8, 4) is 0 Å².